The van der Waals surface area contributed by atoms with Crippen molar-refractivity contribution in [3.8, 4) is 0 Å². The first-order valence-electron chi connectivity index (χ1n) is 7.35. The molecule has 2 N–H and O–H groups in total. The monoisotopic (exact) mass is 294 g/mol. The summed E-state index contributed by atoms with van der Waals surface area (Å²) in [6, 6.07) is 8.93. The Bertz CT molecular complexity index is 434. The fourth-order valence-corrected chi connectivity index (χ4v) is 2.45. The van der Waals surface area contributed by atoms with Crippen LogP contribution < -0.4 is 0 Å². The summed E-state index contributed by atoms with van der Waals surface area (Å²) in [5.74, 6) is -0.309. The maximum atomic E-state index is 12.0. The predicted molar refractivity (Wildman–Crippen MR) is 76.9 cm³/mol. The van der Waals surface area contributed by atoms with E-state index in [4.69, 9.17) is 14.6 Å². The summed E-state index contributed by atoms with van der Waals surface area (Å²) in [5.41, 5.74) is 0.552. The van der Waals surface area contributed by atoms with E-state index in [1.54, 1.807) is 24.3 Å². The van der Waals surface area contributed by atoms with Gasteiger partial charge in [0, 0.05) is 6.42 Å². The van der Waals surface area contributed by atoms with Crippen molar-refractivity contribution in [2.45, 2.75) is 44.0 Å². The van der Waals surface area contributed by atoms with E-state index in [9.17, 15) is 9.90 Å². The standard InChI is InChI=1S/C16H22O5/c17-10-13(18)11-20-14-7-4-8-15(9-14)21-16(19)12-5-2-1-3-6-12/h1-3,5-6,13-15,17-18H,4,7-11H2/t13?,14-,15+/m0/s1. The van der Waals surface area contributed by atoms with Gasteiger partial charge in [0.05, 0.1) is 24.9 Å². The van der Waals surface area contributed by atoms with Crippen LogP contribution in [0.4, 0.5) is 0 Å². The molecule has 3 atom stereocenters. The Balaban J connectivity index is 1.80. The molecule has 0 amide bonds. The van der Waals surface area contributed by atoms with Gasteiger partial charge in [0.1, 0.15) is 12.2 Å². The molecule has 5 heteroatoms. The first-order valence-corrected chi connectivity index (χ1v) is 7.35. The van der Waals surface area contributed by atoms with Crippen molar-refractivity contribution in [2.24, 2.45) is 0 Å². The summed E-state index contributed by atoms with van der Waals surface area (Å²) >= 11 is 0. The Labute approximate surface area is 124 Å². The van der Waals surface area contributed by atoms with Crippen molar-refractivity contribution in [3.63, 3.8) is 0 Å². The summed E-state index contributed by atoms with van der Waals surface area (Å²) in [6.07, 6.45) is 2.25. The number of hydrogen-bond donors (Lipinski definition) is 2. The lowest BCUT2D eigenvalue weighted by atomic mass is 9.94. The predicted octanol–water partition coefficient (Wildman–Crippen LogP) is 1.52. The van der Waals surface area contributed by atoms with Gasteiger partial charge >= 0.3 is 5.97 Å². The Morgan fingerprint density at radius 3 is 2.67 bits per heavy atom. The molecule has 1 saturated carbocycles. The third-order valence-electron chi connectivity index (χ3n) is 3.60. The van der Waals surface area contributed by atoms with Crippen LogP contribution in [0.2, 0.25) is 0 Å². The quantitative estimate of drug-likeness (QED) is 0.778. The van der Waals surface area contributed by atoms with Gasteiger partial charge in [-0.1, -0.05) is 18.2 Å². The number of esters is 1. The van der Waals surface area contributed by atoms with Gasteiger partial charge in [0.15, 0.2) is 0 Å². The molecule has 1 aromatic rings. The van der Waals surface area contributed by atoms with E-state index < -0.39 is 6.10 Å². The lowest BCUT2D eigenvalue weighted by molar-refractivity contribution is -0.0631. The molecule has 5 nitrogen and oxygen atoms in total. The largest absolute Gasteiger partial charge is 0.459 e. The molecule has 1 aromatic carbocycles. The number of hydrogen-bond acceptors (Lipinski definition) is 5. The maximum absolute atomic E-state index is 12.0. The Morgan fingerprint density at radius 2 is 1.95 bits per heavy atom. The Hall–Kier alpha value is -1.43. The van der Waals surface area contributed by atoms with Gasteiger partial charge in [-0.3, -0.25) is 0 Å². The number of rotatable bonds is 6. The SMILES string of the molecule is O=C(O[C@@H]1CCC[C@H](OCC(O)CO)C1)c1ccccc1. The second kappa shape index (κ2) is 8.12. The minimum atomic E-state index is -0.850. The molecule has 1 aliphatic carbocycles. The molecule has 0 saturated heterocycles. The Morgan fingerprint density at radius 1 is 1.24 bits per heavy atom. The minimum absolute atomic E-state index is 0.0338. The number of carbonyl (C=O) groups excluding carboxylic acids is 1. The van der Waals surface area contributed by atoms with E-state index in [0.29, 0.717) is 12.0 Å². The molecule has 1 unspecified atom stereocenters. The van der Waals surface area contributed by atoms with Crippen molar-refractivity contribution in [1.82, 2.24) is 0 Å². The van der Waals surface area contributed by atoms with Crippen LogP contribution in [-0.2, 0) is 9.47 Å². The first kappa shape index (κ1) is 15.9. The fourth-order valence-electron chi connectivity index (χ4n) is 2.45. The number of carbonyl (C=O) groups is 1. The van der Waals surface area contributed by atoms with Crippen LogP contribution in [0, 0.1) is 0 Å². The van der Waals surface area contributed by atoms with E-state index in [1.165, 1.54) is 0 Å². The van der Waals surface area contributed by atoms with Gasteiger partial charge in [0.2, 0.25) is 0 Å². The molecule has 116 valence electrons. The second-order valence-electron chi connectivity index (χ2n) is 5.35. The van der Waals surface area contributed by atoms with E-state index in [1.807, 2.05) is 6.07 Å². The average Bonchev–Trinajstić information content (AvgIpc) is 2.53. The molecule has 0 bridgehead atoms. The molecular weight excluding hydrogens is 272 g/mol. The molecule has 1 fully saturated rings. The van der Waals surface area contributed by atoms with Crippen LogP contribution in [0.1, 0.15) is 36.0 Å². The highest BCUT2D eigenvalue weighted by molar-refractivity contribution is 5.89. The molecule has 0 radical (unpaired) electrons. The van der Waals surface area contributed by atoms with Crippen LogP contribution in [0.25, 0.3) is 0 Å². The lowest BCUT2D eigenvalue weighted by Gasteiger charge is -2.29. The fraction of sp³-hybridized carbons (Fsp3) is 0.562. The summed E-state index contributed by atoms with van der Waals surface area (Å²) in [4.78, 5) is 12.0. The van der Waals surface area contributed by atoms with Crippen molar-refractivity contribution in [3.05, 3.63) is 35.9 Å². The molecule has 0 heterocycles. The zero-order valence-electron chi connectivity index (χ0n) is 12.0. The van der Waals surface area contributed by atoms with Crippen LogP contribution in [0.3, 0.4) is 0 Å². The van der Waals surface area contributed by atoms with Crippen LogP contribution in [-0.4, -0.2) is 47.7 Å². The smallest absolute Gasteiger partial charge is 0.338 e. The molecule has 0 spiro atoms. The van der Waals surface area contributed by atoms with Crippen molar-refractivity contribution >= 4 is 5.97 Å². The minimum Gasteiger partial charge on any atom is -0.459 e. The highest BCUT2D eigenvalue weighted by Gasteiger charge is 2.26. The number of aliphatic hydroxyl groups excluding tert-OH is 2. The van der Waals surface area contributed by atoms with Gasteiger partial charge in [0.25, 0.3) is 0 Å². The van der Waals surface area contributed by atoms with Gasteiger partial charge in [-0.2, -0.15) is 0 Å². The third-order valence-corrected chi connectivity index (χ3v) is 3.60. The first-order chi connectivity index (χ1) is 10.2. The number of aliphatic hydroxyl groups is 2. The summed E-state index contributed by atoms with van der Waals surface area (Å²) in [7, 11) is 0. The normalized spacial score (nSPS) is 23.5. The van der Waals surface area contributed by atoms with Crippen LogP contribution >= 0.6 is 0 Å². The Kier molecular flexibility index (Phi) is 6.17. The van der Waals surface area contributed by atoms with E-state index in [-0.39, 0.29) is 31.4 Å². The highest BCUT2D eigenvalue weighted by atomic mass is 16.5. The van der Waals surface area contributed by atoms with Gasteiger partial charge < -0.3 is 19.7 Å². The van der Waals surface area contributed by atoms with E-state index in [0.717, 1.165) is 19.3 Å². The van der Waals surface area contributed by atoms with Crippen LogP contribution in [0.15, 0.2) is 30.3 Å². The van der Waals surface area contributed by atoms with Crippen molar-refractivity contribution in [1.29, 1.82) is 0 Å². The molecule has 0 aliphatic heterocycles. The summed E-state index contributed by atoms with van der Waals surface area (Å²) in [6.45, 7) is -0.195. The molecule has 2 rings (SSSR count). The average molecular weight is 294 g/mol. The zero-order valence-corrected chi connectivity index (χ0v) is 12.0. The van der Waals surface area contributed by atoms with Crippen LogP contribution in [0.5, 0.6) is 0 Å². The van der Waals surface area contributed by atoms with Gasteiger partial charge in [-0.15, -0.1) is 0 Å². The van der Waals surface area contributed by atoms with Crippen molar-refractivity contribution in [2.75, 3.05) is 13.2 Å². The summed E-state index contributed by atoms with van der Waals surface area (Å²) in [5, 5.41) is 18.1. The van der Waals surface area contributed by atoms with Crippen molar-refractivity contribution < 1.29 is 24.5 Å². The molecule has 0 aromatic heterocycles. The van der Waals surface area contributed by atoms with E-state index >= 15 is 0 Å². The maximum Gasteiger partial charge on any atom is 0.338 e. The highest BCUT2D eigenvalue weighted by Crippen LogP contribution is 2.24. The molecule has 1 aliphatic rings. The summed E-state index contributed by atoms with van der Waals surface area (Å²) < 4.78 is 11.1. The zero-order chi connectivity index (χ0) is 15.1. The second-order valence-corrected chi connectivity index (χ2v) is 5.35. The topological polar surface area (TPSA) is 76.0 Å². The molecular formula is C16H22O5. The number of benzene rings is 1. The van der Waals surface area contributed by atoms with Gasteiger partial charge in [-0.05, 0) is 31.4 Å². The lowest BCUT2D eigenvalue weighted by Crippen LogP contribution is -2.32. The van der Waals surface area contributed by atoms with E-state index in [2.05, 4.69) is 0 Å². The molecule has 21 heavy (non-hydrogen) atoms. The van der Waals surface area contributed by atoms with Gasteiger partial charge in [-0.25, -0.2) is 4.79 Å². The third kappa shape index (κ3) is 5.12. The number of ether oxygens (including phenoxy) is 2.